The summed E-state index contributed by atoms with van der Waals surface area (Å²) in [5.41, 5.74) is 8.00. The van der Waals surface area contributed by atoms with Crippen LogP contribution in [0.3, 0.4) is 0 Å². The minimum atomic E-state index is -0.535. The van der Waals surface area contributed by atoms with Crippen LogP contribution in [0.1, 0.15) is 50.0 Å². The standard InChI is InChI=1S/C29H36N4O6S/c1-7-37-24-14-18(2)21(16-22(24)26(34)36-6)23-17-25(33-27(30)32-23)40-20-11-8-10-19(15-20)38-13-9-12-31-28(35)39-29(3,4)5/h8,10-11,14-17H,7,9,12-13H2,1-6H3,(H,31,35)(H2,30,32,33). The van der Waals surface area contributed by atoms with Gasteiger partial charge in [0, 0.05) is 17.0 Å². The minimum absolute atomic E-state index is 0.109. The molecule has 1 heterocycles. The van der Waals surface area contributed by atoms with Gasteiger partial charge in [0.25, 0.3) is 0 Å². The molecule has 40 heavy (non-hydrogen) atoms. The van der Waals surface area contributed by atoms with Crippen molar-refractivity contribution >= 4 is 29.8 Å². The number of nitrogen functional groups attached to an aromatic ring is 1. The number of methoxy groups -OCH3 is 1. The number of rotatable bonds is 11. The lowest BCUT2D eigenvalue weighted by molar-refractivity contribution is 0.0524. The molecule has 1 amide bonds. The molecule has 0 radical (unpaired) electrons. The Hall–Kier alpha value is -3.99. The van der Waals surface area contributed by atoms with Crippen LogP contribution in [-0.4, -0.2) is 54.5 Å². The Morgan fingerprint density at radius 1 is 1.07 bits per heavy atom. The fourth-order valence-electron chi connectivity index (χ4n) is 3.65. The summed E-state index contributed by atoms with van der Waals surface area (Å²) in [6.07, 6.45) is 0.175. The molecule has 0 aliphatic heterocycles. The van der Waals surface area contributed by atoms with E-state index in [0.29, 0.717) is 54.0 Å². The van der Waals surface area contributed by atoms with E-state index in [2.05, 4.69) is 15.3 Å². The Balaban J connectivity index is 1.70. The van der Waals surface area contributed by atoms with E-state index in [1.54, 1.807) is 12.1 Å². The predicted molar refractivity (Wildman–Crippen MR) is 154 cm³/mol. The number of nitrogens with zero attached hydrogens (tertiary/aromatic N) is 2. The zero-order valence-electron chi connectivity index (χ0n) is 23.7. The van der Waals surface area contributed by atoms with Gasteiger partial charge in [-0.2, -0.15) is 0 Å². The van der Waals surface area contributed by atoms with Crippen molar-refractivity contribution in [1.82, 2.24) is 15.3 Å². The Labute approximate surface area is 239 Å². The SMILES string of the molecule is CCOc1cc(C)c(-c2cc(Sc3cccc(OCCCNC(=O)OC(C)(C)C)c3)nc(N)n2)cc1C(=O)OC. The number of aromatic nitrogens is 2. The normalized spacial score (nSPS) is 11.1. The van der Waals surface area contributed by atoms with Crippen molar-refractivity contribution in [1.29, 1.82) is 0 Å². The zero-order chi connectivity index (χ0) is 29.3. The zero-order valence-corrected chi connectivity index (χ0v) is 24.5. The van der Waals surface area contributed by atoms with E-state index >= 15 is 0 Å². The molecule has 11 heteroatoms. The summed E-state index contributed by atoms with van der Waals surface area (Å²) in [5.74, 6) is 0.746. The van der Waals surface area contributed by atoms with Crippen LogP contribution in [0.4, 0.5) is 10.7 Å². The van der Waals surface area contributed by atoms with Crippen LogP contribution in [0.25, 0.3) is 11.3 Å². The lowest BCUT2D eigenvalue weighted by Gasteiger charge is -2.19. The Kier molecular flexibility index (Phi) is 10.6. The summed E-state index contributed by atoms with van der Waals surface area (Å²) < 4.78 is 21.7. The second-order valence-electron chi connectivity index (χ2n) is 9.75. The number of hydrogen-bond donors (Lipinski definition) is 2. The maximum Gasteiger partial charge on any atom is 0.407 e. The number of amides is 1. The first-order valence-corrected chi connectivity index (χ1v) is 13.7. The third-order valence-electron chi connectivity index (χ3n) is 5.31. The summed E-state index contributed by atoms with van der Waals surface area (Å²) in [5, 5.41) is 3.35. The average molecular weight is 569 g/mol. The van der Waals surface area contributed by atoms with Gasteiger partial charge < -0.3 is 30.0 Å². The summed E-state index contributed by atoms with van der Waals surface area (Å²) in [7, 11) is 1.33. The van der Waals surface area contributed by atoms with Crippen LogP contribution in [-0.2, 0) is 9.47 Å². The number of nitrogens with two attached hydrogens (primary N) is 1. The van der Waals surface area contributed by atoms with Crippen molar-refractivity contribution in [2.24, 2.45) is 0 Å². The molecule has 1 aromatic heterocycles. The molecule has 0 bridgehead atoms. The van der Waals surface area contributed by atoms with Crippen molar-refractivity contribution in [3.8, 4) is 22.8 Å². The highest BCUT2D eigenvalue weighted by Gasteiger charge is 2.19. The first-order valence-electron chi connectivity index (χ1n) is 12.9. The predicted octanol–water partition coefficient (Wildman–Crippen LogP) is 5.66. The molecule has 0 fully saturated rings. The monoisotopic (exact) mass is 568 g/mol. The fraction of sp³-hybridized carbons (Fsp3) is 0.379. The van der Waals surface area contributed by atoms with Crippen molar-refractivity contribution in [2.45, 2.75) is 56.6 Å². The third kappa shape index (κ3) is 9.04. The van der Waals surface area contributed by atoms with E-state index in [1.807, 2.05) is 65.0 Å². The first kappa shape index (κ1) is 30.6. The number of ether oxygens (including phenoxy) is 4. The van der Waals surface area contributed by atoms with E-state index in [9.17, 15) is 9.59 Å². The van der Waals surface area contributed by atoms with Crippen LogP contribution >= 0.6 is 11.8 Å². The van der Waals surface area contributed by atoms with Crippen LogP contribution in [0, 0.1) is 6.92 Å². The van der Waals surface area contributed by atoms with Gasteiger partial charge in [0.2, 0.25) is 5.95 Å². The fourth-order valence-corrected chi connectivity index (χ4v) is 4.52. The Bertz CT molecular complexity index is 1340. The molecule has 0 saturated heterocycles. The summed E-state index contributed by atoms with van der Waals surface area (Å²) in [6, 6.07) is 12.9. The van der Waals surface area contributed by atoms with Crippen LogP contribution < -0.4 is 20.5 Å². The van der Waals surface area contributed by atoms with Crippen molar-refractivity contribution in [3.05, 3.63) is 53.6 Å². The molecule has 2 aromatic carbocycles. The van der Waals surface area contributed by atoms with Crippen LogP contribution in [0.15, 0.2) is 52.4 Å². The maximum atomic E-state index is 12.4. The molecule has 3 rings (SSSR count). The lowest BCUT2D eigenvalue weighted by Crippen LogP contribution is -2.33. The van der Waals surface area contributed by atoms with E-state index in [0.717, 1.165) is 16.0 Å². The first-order chi connectivity index (χ1) is 19.0. The number of esters is 1. The van der Waals surface area contributed by atoms with E-state index < -0.39 is 17.7 Å². The van der Waals surface area contributed by atoms with Crippen molar-refractivity contribution in [3.63, 3.8) is 0 Å². The highest BCUT2D eigenvalue weighted by atomic mass is 32.2. The molecule has 0 aliphatic carbocycles. The summed E-state index contributed by atoms with van der Waals surface area (Å²) >= 11 is 1.41. The quantitative estimate of drug-likeness (QED) is 0.169. The molecular formula is C29H36N4O6S. The van der Waals surface area contributed by atoms with E-state index in [1.165, 1.54) is 18.9 Å². The Morgan fingerprint density at radius 2 is 1.85 bits per heavy atom. The number of benzene rings is 2. The smallest absolute Gasteiger partial charge is 0.407 e. The van der Waals surface area contributed by atoms with Gasteiger partial charge in [0.05, 0.1) is 26.0 Å². The number of carbonyl (C=O) groups excluding carboxylic acids is 2. The molecule has 10 nitrogen and oxygen atoms in total. The van der Waals surface area contributed by atoms with Crippen LogP contribution in [0.5, 0.6) is 11.5 Å². The molecular weight excluding hydrogens is 532 g/mol. The second-order valence-corrected chi connectivity index (χ2v) is 10.8. The van der Waals surface area contributed by atoms with Crippen molar-refractivity contribution in [2.75, 3.05) is 32.6 Å². The number of hydrogen-bond acceptors (Lipinski definition) is 10. The van der Waals surface area contributed by atoms with Gasteiger partial charge in [-0.3, -0.25) is 0 Å². The van der Waals surface area contributed by atoms with E-state index in [4.69, 9.17) is 24.7 Å². The van der Waals surface area contributed by atoms with Gasteiger partial charge in [0.15, 0.2) is 0 Å². The average Bonchev–Trinajstić information content (AvgIpc) is 2.87. The maximum absolute atomic E-state index is 12.4. The molecule has 0 aliphatic rings. The number of carbonyl (C=O) groups is 2. The third-order valence-corrected chi connectivity index (χ3v) is 6.22. The van der Waals surface area contributed by atoms with Gasteiger partial charge in [-0.15, -0.1) is 0 Å². The molecule has 0 spiro atoms. The van der Waals surface area contributed by atoms with Gasteiger partial charge >= 0.3 is 12.1 Å². The van der Waals surface area contributed by atoms with Gasteiger partial charge in [-0.1, -0.05) is 17.8 Å². The summed E-state index contributed by atoms with van der Waals surface area (Å²) in [6.45, 7) is 10.5. The van der Waals surface area contributed by atoms with Crippen LogP contribution in [0.2, 0.25) is 0 Å². The molecule has 3 aromatic rings. The highest BCUT2D eigenvalue weighted by Crippen LogP contribution is 2.34. The number of nitrogens with one attached hydrogen (secondary N) is 1. The van der Waals surface area contributed by atoms with E-state index in [-0.39, 0.29) is 5.95 Å². The molecule has 0 atom stereocenters. The molecule has 214 valence electrons. The Morgan fingerprint density at radius 3 is 2.55 bits per heavy atom. The highest BCUT2D eigenvalue weighted by molar-refractivity contribution is 7.99. The molecule has 0 saturated carbocycles. The molecule has 0 unspecified atom stereocenters. The minimum Gasteiger partial charge on any atom is -0.493 e. The summed E-state index contributed by atoms with van der Waals surface area (Å²) in [4.78, 5) is 33.8. The number of anilines is 1. The number of alkyl carbamates (subject to hydrolysis) is 1. The van der Waals surface area contributed by atoms with Crippen molar-refractivity contribution < 1.29 is 28.5 Å². The van der Waals surface area contributed by atoms with Gasteiger partial charge in [0.1, 0.15) is 27.7 Å². The number of aryl methyl sites for hydroxylation is 1. The molecule has 3 N–H and O–H groups in total. The topological polar surface area (TPSA) is 135 Å². The largest absolute Gasteiger partial charge is 0.493 e. The van der Waals surface area contributed by atoms with Gasteiger partial charge in [-0.25, -0.2) is 19.6 Å². The second kappa shape index (κ2) is 13.9. The lowest BCUT2D eigenvalue weighted by atomic mass is 10.0. The van der Waals surface area contributed by atoms with Gasteiger partial charge in [-0.05, 0) is 83.0 Å².